The van der Waals surface area contributed by atoms with Crippen LogP contribution in [0.4, 0.5) is 4.79 Å². The van der Waals surface area contributed by atoms with Gasteiger partial charge in [-0.1, -0.05) is 138 Å². The van der Waals surface area contributed by atoms with Gasteiger partial charge in [0, 0.05) is 118 Å². The van der Waals surface area contributed by atoms with Crippen molar-refractivity contribution < 1.29 is 86.6 Å². The maximum Gasteiger partial charge on any atom is 0.410 e. The fraction of sp³-hybridized carbons (Fsp3) is 0.484. The number of guanidine groups is 1. The summed E-state index contributed by atoms with van der Waals surface area (Å²) >= 11 is 4.22. The largest absolute Gasteiger partial charge is 0.448 e. The topological polar surface area (TPSA) is 601 Å². The Kier molecular flexibility index (Phi) is 39.0. The molecule has 9 rings (SSSR count). The zero-order chi connectivity index (χ0) is 98.4. The van der Waals surface area contributed by atoms with E-state index in [-0.39, 0.29) is 107 Å². The number of benzene rings is 4. The monoisotopic (exact) mass is 1890 g/mol. The Morgan fingerprint density at radius 1 is 0.556 bits per heavy atom. The van der Waals surface area contributed by atoms with E-state index in [0.29, 0.717) is 64.3 Å². The maximum atomic E-state index is 15.6. The lowest BCUT2D eigenvalue weighted by Crippen LogP contribution is -2.61. The van der Waals surface area contributed by atoms with E-state index in [2.05, 4.69) is 85.7 Å². The van der Waals surface area contributed by atoms with Crippen molar-refractivity contribution >= 4 is 135 Å². The van der Waals surface area contributed by atoms with Gasteiger partial charge in [0.05, 0.1) is 32.4 Å². The number of amides is 16. The third-order valence-electron chi connectivity index (χ3n) is 24.2. The number of hydrogen-bond acceptors (Lipinski definition) is 21. The van der Waals surface area contributed by atoms with Gasteiger partial charge in [0.25, 0.3) is 0 Å². The molecular formula is C93H127N23O18S. The number of nitrogens with two attached hydrogens (primary N) is 3. The minimum absolute atomic E-state index is 0.0158. The van der Waals surface area contributed by atoms with Crippen molar-refractivity contribution in [2.24, 2.45) is 23.1 Å². The van der Waals surface area contributed by atoms with Crippen LogP contribution in [0.25, 0.3) is 32.9 Å². The van der Waals surface area contributed by atoms with Crippen molar-refractivity contribution in [3.63, 3.8) is 0 Å². The second-order valence-electron chi connectivity index (χ2n) is 34.5. The van der Waals surface area contributed by atoms with Crippen molar-refractivity contribution in [1.29, 1.82) is 5.41 Å². The molecule has 0 bridgehead atoms. The summed E-state index contributed by atoms with van der Waals surface area (Å²) in [6, 6.07) is 12.6. The number of aromatic nitrogens is 4. The number of imidazole rings is 1. The molecule has 0 unspecified atom stereocenters. The standard InChI is InChI=1S/C93H127N23O18S/c1-10-12-33-74(86(127)105-66(32-22-36-99-92(96)97)82(123)111-73(50-135)81(122)102-46-78(95)119)114(8)91(132)76(34-13-11-2)115(9)89(130)70(40-55-44-101-65-31-21-19-25-58(55)65)109-85(126)72(48-117)110-83(124)67(39-54-43-100-64-30-20-18-24-57(54)64)104-79(120)47-112(6)88(129)69(38-52(3)4)108-84(125)68(41-56-45-98-51-103-56)106-87(128)75-35-23-37-116(75)90(131)71(42-77(94)118)107-80(121)53(5)113(7)93(133)134-49-63-61-28-16-14-26-59(61)60-27-15-17-29-62(60)63/h14-21,24-31,43-45,51-53,63,66-76,100-101,117,135H,10-13,22-23,32-42,46-50H2,1-9H3,(H2,94,118)(H2,95,119)(H,98,103)(H,102,122)(H,104,120)(H,105,127)(H,106,128)(H,107,121)(H,108,125)(H,109,126)(H,110,124)(H,111,123)(H4,96,97,99)/t53-,66-,67-,68-,69-,70-,71-,72-,73-,74-,75-,76-/m0/s1. The molecule has 2 aliphatic rings. The number of likely N-dealkylation sites (N-methyl/N-ethyl adjacent to an activating group) is 4. The molecule has 4 aromatic carbocycles. The molecule has 21 N–H and O–H groups in total. The number of thiol groups is 1. The summed E-state index contributed by atoms with van der Waals surface area (Å²) in [6.07, 6.45) is 6.19. The highest BCUT2D eigenvalue weighted by Gasteiger charge is 2.44. The number of primary amides is 2. The van der Waals surface area contributed by atoms with Crippen LogP contribution in [0.5, 0.6) is 0 Å². The number of likely N-dealkylation sites (tertiary alicyclic amines) is 1. The molecule has 0 saturated carbocycles. The highest BCUT2D eigenvalue weighted by atomic mass is 32.1. The van der Waals surface area contributed by atoms with Crippen molar-refractivity contribution in [3.05, 3.63) is 150 Å². The molecule has 1 aliphatic heterocycles. The first-order valence-electron chi connectivity index (χ1n) is 45.3. The summed E-state index contributed by atoms with van der Waals surface area (Å²) in [4.78, 5) is 247. The van der Waals surface area contributed by atoms with Crippen LogP contribution in [0.2, 0.25) is 0 Å². The summed E-state index contributed by atoms with van der Waals surface area (Å²) in [5.41, 5.74) is 23.1. The van der Waals surface area contributed by atoms with Crippen molar-refractivity contribution in [2.45, 2.75) is 209 Å². The van der Waals surface area contributed by atoms with E-state index in [9.17, 15) is 62.6 Å². The number of H-pyrrole nitrogens is 3. The lowest BCUT2D eigenvalue weighted by molar-refractivity contribution is -0.149. The Morgan fingerprint density at radius 2 is 1.09 bits per heavy atom. The molecular weight excluding hydrogens is 1760 g/mol. The number of aromatic amines is 3. The number of nitrogens with one attached hydrogen (secondary N) is 14. The highest BCUT2D eigenvalue weighted by Crippen LogP contribution is 2.45. The van der Waals surface area contributed by atoms with Gasteiger partial charge < -0.3 is 115 Å². The van der Waals surface area contributed by atoms with E-state index in [1.54, 1.807) is 74.8 Å². The number of carbonyl (C=O) groups is 16. The summed E-state index contributed by atoms with van der Waals surface area (Å²) in [5.74, 6) is -14.0. The SMILES string of the molecule is CCCC[C@@H](C(=O)N(C)[C@@H](CCCC)C(=O)N[C@@H](CCCNC(=N)N)C(=O)N[C@@H](CS)C(=O)NCC(N)=O)N(C)C(=O)[C@H](Cc1c[nH]c2ccccc12)NC(=O)[C@H](CO)NC(=O)[C@H](Cc1c[nH]c2ccccc12)NC(=O)CN(C)C(=O)[C@H](CC(C)C)NC(=O)[C@H](Cc1cnc[nH]1)NC(=O)[C@@H]1CCCN1C(=O)[C@H](CC(N)=O)NC(=O)[C@H](C)N(C)C(=O)OCC1c2ccccc2-c2ccccc21. The predicted molar refractivity (Wildman–Crippen MR) is 504 cm³/mol. The van der Waals surface area contributed by atoms with E-state index in [4.69, 9.17) is 27.3 Å². The second-order valence-corrected chi connectivity index (χ2v) is 34.8. The molecule has 41 nitrogen and oxygen atoms in total. The van der Waals surface area contributed by atoms with Crippen LogP contribution in [-0.2, 0) is 95.9 Å². The zero-order valence-electron chi connectivity index (χ0n) is 77.4. The Hall–Kier alpha value is -13.9. The number of aliphatic hydroxyl groups excluding tert-OH is 1. The van der Waals surface area contributed by atoms with Gasteiger partial charge >= 0.3 is 6.09 Å². The van der Waals surface area contributed by atoms with E-state index in [1.165, 1.54) is 62.3 Å². The first-order valence-corrected chi connectivity index (χ1v) is 45.9. The van der Waals surface area contributed by atoms with E-state index < -0.39 is 193 Å². The molecule has 16 amide bonds. The van der Waals surface area contributed by atoms with Crippen molar-refractivity contribution in [3.8, 4) is 11.1 Å². The summed E-state index contributed by atoms with van der Waals surface area (Å²) in [5, 5.41) is 46.5. The third kappa shape index (κ3) is 28.6. The number of nitrogens with zero attached hydrogens (tertiary/aromatic N) is 6. The molecule has 3 aromatic heterocycles. The van der Waals surface area contributed by atoms with Crippen molar-refractivity contribution in [1.82, 2.24) is 97.6 Å². The Balaban J connectivity index is 0.890. The number of unbranched alkanes of at least 4 members (excludes halogenated alkanes) is 2. The molecule has 1 fully saturated rings. The first kappa shape index (κ1) is 105. The van der Waals surface area contributed by atoms with Crippen LogP contribution >= 0.6 is 12.6 Å². The van der Waals surface area contributed by atoms with Gasteiger partial charge in [0.15, 0.2) is 5.96 Å². The van der Waals surface area contributed by atoms with E-state index in [1.807, 2.05) is 62.4 Å². The first-order chi connectivity index (χ1) is 64.5. The molecule has 7 aromatic rings. The lowest BCUT2D eigenvalue weighted by Gasteiger charge is -2.36. The molecule has 12 atom stereocenters. The van der Waals surface area contributed by atoms with Crippen LogP contribution in [0, 0.1) is 11.3 Å². The van der Waals surface area contributed by atoms with E-state index in [0.717, 1.165) is 32.1 Å². The molecule has 42 heteroatoms. The van der Waals surface area contributed by atoms with Crippen molar-refractivity contribution in [2.75, 3.05) is 73.3 Å². The molecule has 1 saturated heterocycles. The lowest BCUT2D eigenvalue weighted by atomic mass is 9.98. The van der Waals surface area contributed by atoms with Gasteiger partial charge in [-0.05, 0) is 103 Å². The van der Waals surface area contributed by atoms with Crippen LogP contribution in [-0.4, -0.2) is 296 Å². The summed E-state index contributed by atoms with van der Waals surface area (Å²) in [7, 11) is 5.39. The minimum atomic E-state index is -1.84. The predicted octanol–water partition coefficient (Wildman–Crippen LogP) is 0.740. The summed E-state index contributed by atoms with van der Waals surface area (Å²) in [6.45, 7) is 6.38. The Labute approximate surface area is 787 Å². The van der Waals surface area contributed by atoms with Gasteiger partial charge in [-0.2, -0.15) is 12.6 Å². The molecule has 135 heavy (non-hydrogen) atoms. The second kappa shape index (κ2) is 50.2. The number of aliphatic hydroxyl groups is 1. The van der Waals surface area contributed by atoms with Crippen LogP contribution < -0.4 is 70.4 Å². The molecule has 0 spiro atoms. The number of rotatable bonds is 51. The van der Waals surface area contributed by atoms with Gasteiger partial charge in [-0.15, -0.1) is 0 Å². The van der Waals surface area contributed by atoms with Gasteiger partial charge in [-0.25, -0.2) is 9.78 Å². The average molecular weight is 1890 g/mol. The number of para-hydroxylation sites is 2. The average Bonchev–Trinajstić information content (AvgIpc) is 1.61. The quantitative estimate of drug-likeness (QED) is 0.0108. The normalized spacial score (nSPS) is 15.2. The molecule has 728 valence electrons. The third-order valence-corrected chi connectivity index (χ3v) is 24.5. The zero-order valence-corrected chi connectivity index (χ0v) is 78.3. The fourth-order valence-electron chi connectivity index (χ4n) is 16.7. The van der Waals surface area contributed by atoms with E-state index >= 15 is 19.2 Å². The molecule has 0 radical (unpaired) electrons. The number of hydrogen-bond donors (Lipinski definition) is 19. The Bertz CT molecular complexity index is 5330. The highest BCUT2D eigenvalue weighted by molar-refractivity contribution is 7.80. The van der Waals surface area contributed by atoms with Crippen LogP contribution in [0.3, 0.4) is 0 Å². The fourth-order valence-corrected chi connectivity index (χ4v) is 16.9. The molecule has 4 heterocycles. The summed E-state index contributed by atoms with van der Waals surface area (Å²) < 4.78 is 5.79. The molecule has 1 aliphatic carbocycles. The minimum Gasteiger partial charge on any atom is -0.448 e. The van der Waals surface area contributed by atoms with Crippen LogP contribution in [0.15, 0.2) is 122 Å². The van der Waals surface area contributed by atoms with Gasteiger partial charge in [0.2, 0.25) is 88.6 Å². The van der Waals surface area contributed by atoms with Crippen LogP contribution in [0.1, 0.15) is 146 Å². The maximum absolute atomic E-state index is 15.6. The number of carbonyl (C=O) groups excluding carboxylic acids is 16. The van der Waals surface area contributed by atoms with Gasteiger partial charge in [0.1, 0.15) is 79.1 Å². The van der Waals surface area contributed by atoms with Gasteiger partial charge in [-0.3, -0.25) is 82.2 Å². The number of fused-ring (bicyclic) bond motifs is 5. The smallest absolute Gasteiger partial charge is 0.410 e. The Morgan fingerprint density at radius 3 is 1.66 bits per heavy atom. The number of ether oxygens (including phenoxy) is 1.